The van der Waals surface area contributed by atoms with Crippen LogP contribution in [-0.4, -0.2) is 18.1 Å². The molecule has 0 aliphatic heterocycles. The zero-order chi connectivity index (χ0) is 13.8. The summed E-state index contributed by atoms with van der Waals surface area (Å²) in [6.07, 6.45) is 4.82. The number of carbonyl (C=O) groups excluding carboxylic acids is 1. The van der Waals surface area contributed by atoms with E-state index in [0.717, 1.165) is 38.2 Å². The molecular formula is C14H19FN2O2. The average molecular weight is 266 g/mol. The summed E-state index contributed by atoms with van der Waals surface area (Å²) in [4.78, 5) is 10.9. The molecule has 4 N–H and O–H groups in total. The van der Waals surface area contributed by atoms with Gasteiger partial charge in [-0.2, -0.15) is 0 Å². The fourth-order valence-corrected chi connectivity index (χ4v) is 2.36. The number of carbonyl (C=O) groups is 1. The van der Waals surface area contributed by atoms with Crippen molar-refractivity contribution < 1.29 is 13.9 Å². The first-order valence-corrected chi connectivity index (χ1v) is 6.59. The molecule has 1 aromatic carbocycles. The van der Waals surface area contributed by atoms with Crippen molar-refractivity contribution in [3.05, 3.63) is 29.6 Å². The maximum Gasteiger partial charge on any atom is 0.248 e. The predicted molar refractivity (Wildman–Crippen MR) is 70.4 cm³/mol. The van der Waals surface area contributed by atoms with Crippen LogP contribution in [0.2, 0.25) is 0 Å². The van der Waals surface area contributed by atoms with Gasteiger partial charge >= 0.3 is 0 Å². The van der Waals surface area contributed by atoms with Crippen LogP contribution in [0.15, 0.2) is 18.2 Å². The van der Waals surface area contributed by atoms with Gasteiger partial charge < -0.3 is 16.2 Å². The molecule has 4 nitrogen and oxygen atoms in total. The number of rotatable bonds is 3. The highest BCUT2D eigenvalue weighted by atomic mass is 19.1. The maximum atomic E-state index is 13.8. The molecule has 19 heavy (non-hydrogen) atoms. The first-order valence-electron chi connectivity index (χ1n) is 6.59. The van der Waals surface area contributed by atoms with Crippen LogP contribution < -0.4 is 16.2 Å². The SMILES string of the molecule is NC(=O)c1ccc(OC2CCCCCC2N)c(F)c1. The van der Waals surface area contributed by atoms with Crippen LogP contribution in [0.1, 0.15) is 42.5 Å². The number of hydrogen-bond donors (Lipinski definition) is 2. The maximum absolute atomic E-state index is 13.8. The number of halogens is 1. The predicted octanol–water partition coefficient (Wildman–Crippen LogP) is 1.96. The van der Waals surface area contributed by atoms with Gasteiger partial charge in [0, 0.05) is 11.6 Å². The minimum atomic E-state index is -0.656. The third-order valence-electron chi connectivity index (χ3n) is 3.50. The van der Waals surface area contributed by atoms with Gasteiger partial charge in [-0.25, -0.2) is 4.39 Å². The van der Waals surface area contributed by atoms with Gasteiger partial charge in [-0.05, 0) is 37.5 Å². The van der Waals surface area contributed by atoms with E-state index in [1.807, 2.05) is 0 Å². The number of nitrogens with two attached hydrogens (primary N) is 2. The van der Waals surface area contributed by atoms with E-state index in [0.29, 0.717) is 0 Å². The minimum absolute atomic E-state index is 0.0716. The van der Waals surface area contributed by atoms with Crippen molar-refractivity contribution in [3.8, 4) is 5.75 Å². The molecule has 1 amide bonds. The third-order valence-corrected chi connectivity index (χ3v) is 3.50. The Morgan fingerprint density at radius 2 is 2.00 bits per heavy atom. The second kappa shape index (κ2) is 6.02. The Morgan fingerprint density at radius 1 is 1.26 bits per heavy atom. The van der Waals surface area contributed by atoms with Crippen molar-refractivity contribution in [2.24, 2.45) is 11.5 Å². The van der Waals surface area contributed by atoms with Gasteiger partial charge in [0.2, 0.25) is 5.91 Å². The van der Waals surface area contributed by atoms with Crippen molar-refractivity contribution in [3.63, 3.8) is 0 Å². The Morgan fingerprint density at radius 3 is 2.68 bits per heavy atom. The summed E-state index contributed by atoms with van der Waals surface area (Å²) in [5.74, 6) is -1.10. The zero-order valence-electron chi connectivity index (χ0n) is 10.8. The molecule has 2 atom stereocenters. The van der Waals surface area contributed by atoms with Gasteiger partial charge in [0.1, 0.15) is 6.10 Å². The van der Waals surface area contributed by atoms with Crippen LogP contribution in [0.5, 0.6) is 5.75 Å². The highest BCUT2D eigenvalue weighted by molar-refractivity contribution is 5.92. The van der Waals surface area contributed by atoms with E-state index in [-0.39, 0.29) is 23.5 Å². The summed E-state index contributed by atoms with van der Waals surface area (Å²) >= 11 is 0. The Balaban J connectivity index is 2.11. The summed E-state index contributed by atoms with van der Waals surface area (Å²) in [5.41, 5.74) is 11.3. The molecule has 5 heteroatoms. The molecule has 2 unspecified atom stereocenters. The van der Waals surface area contributed by atoms with E-state index in [9.17, 15) is 9.18 Å². The van der Waals surface area contributed by atoms with E-state index in [1.54, 1.807) is 0 Å². The summed E-state index contributed by atoms with van der Waals surface area (Å²) < 4.78 is 19.5. The van der Waals surface area contributed by atoms with E-state index in [4.69, 9.17) is 16.2 Å². The van der Waals surface area contributed by atoms with Gasteiger partial charge in [0.15, 0.2) is 11.6 Å². The molecule has 0 radical (unpaired) electrons. The monoisotopic (exact) mass is 266 g/mol. The molecule has 2 rings (SSSR count). The fraction of sp³-hybridized carbons (Fsp3) is 0.500. The van der Waals surface area contributed by atoms with Gasteiger partial charge in [0.05, 0.1) is 0 Å². The van der Waals surface area contributed by atoms with Gasteiger partial charge in [-0.15, -0.1) is 0 Å². The number of primary amides is 1. The first-order chi connectivity index (χ1) is 9.08. The van der Waals surface area contributed by atoms with Crippen molar-refractivity contribution in [1.82, 2.24) is 0 Å². The zero-order valence-corrected chi connectivity index (χ0v) is 10.8. The van der Waals surface area contributed by atoms with E-state index in [2.05, 4.69) is 0 Å². The second-order valence-electron chi connectivity index (χ2n) is 4.97. The molecule has 1 aromatic rings. The van der Waals surface area contributed by atoms with Crippen molar-refractivity contribution in [1.29, 1.82) is 0 Å². The summed E-state index contributed by atoms with van der Waals surface area (Å²) in [6.45, 7) is 0. The van der Waals surface area contributed by atoms with Gasteiger partial charge in [-0.1, -0.05) is 12.8 Å². The number of amides is 1. The largest absolute Gasteiger partial charge is 0.486 e. The lowest BCUT2D eigenvalue weighted by Gasteiger charge is -2.23. The van der Waals surface area contributed by atoms with Crippen LogP contribution in [-0.2, 0) is 0 Å². The highest BCUT2D eigenvalue weighted by Crippen LogP contribution is 2.25. The fourth-order valence-electron chi connectivity index (χ4n) is 2.36. The van der Waals surface area contributed by atoms with E-state index in [1.165, 1.54) is 12.1 Å². The molecule has 1 fully saturated rings. The summed E-state index contributed by atoms with van der Waals surface area (Å²) in [5, 5.41) is 0. The molecule has 0 aromatic heterocycles. The smallest absolute Gasteiger partial charge is 0.248 e. The van der Waals surface area contributed by atoms with Crippen LogP contribution >= 0.6 is 0 Å². The van der Waals surface area contributed by atoms with Crippen LogP contribution in [0, 0.1) is 5.82 Å². The molecule has 1 aliphatic carbocycles. The lowest BCUT2D eigenvalue weighted by atomic mass is 10.1. The Kier molecular flexibility index (Phi) is 4.37. The van der Waals surface area contributed by atoms with Crippen LogP contribution in [0.4, 0.5) is 4.39 Å². The normalized spacial score (nSPS) is 23.7. The Hall–Kier alpha value is -1.62. The van der Waals surface area contributed by atoms with Crippen molar-refractivity contribution >= 4 is 5.91 Å². The molecular weight excluding hydrogens is 247 g/mol. The highest BCUT2D eigenvalue weighted by Gasteiger charge is 2.23. The van der Waals surface area contributed by atoms with Crippen LogP contribution in [0.3, 0.4) is 0 Å². The van der Waals surface area contributed by atoms with Gasteiger partial charge in [-0.3, -0.25) is 4.79 Å². The number of hydrogen-bond acceptors (Lipinski definition) is 3. The molecule has 0 bridgehead atoms. The Bertz CT molecular complexity index is 465. The number of benzene rings is 1. The van der Waals surface area contributed by atoms with E-state index < -0.39 is 11.7 Å². The van der Waals surface area contributed by atoms with Crippen molar-refractivity contribution in [2.45, 2.75) is 44.2 Å². The lowest BCUT2D eigenvalue weighted by molar-refractivity contribution is 0.0999. The molecule has 104 valence electrons. The molecule has 1 saturated carbocycles. The quantitative estimate of drug-likeness (QED) is 0.821. The van der Waals surface area contributed by atoms with Crippen LogP contribution in [0.25, 0.3) is 0 Å². The summed E-state index contributed by atoms with van der Waals surface area (Å²) in [6, 6.07) is 3.92. The van der Waals surface area contributed by atoms with Gasteiger partial charge in [0.25, 0.3) is 0 Å². The lowest BCUT2D eigenvalue weighted by Crippen LogP contribution is -2.38. The van der Waals surface area contributed by atoms with Crippen molar-refractivity contribution in [2.75, 3.05) is 0 Å². The Labute approximate surface area is 111 Å². The third kappa shape index (κ3) is 3.44. The molecule has 1 aliphatic rings. The topological polar surface area (TPSA) is 78.3 Å². The molecule has 0 heterocycles. The molecule has 0 spiro atoms. The number of ether oxygens (including phenoxy) is 1. The van der Waals surface area contributed by atoms with E-state index >= 15 is 0 Å². The minimum Gasteiger partial charge on any atom is -0.486 e. The standard InChI is InChI=1S/C14H19FN2O2/c15-10-8-9(14(17)18)6-7-12(10)19-13-5-3-1-2-4-11(13)16/h6-8,11,13H,1-5,16H2,(H2,17,18). The molecule has 0 saturated heterocycles. The summed E-state index contributed by atoms with van der Waals surface area (Å²) in [7, 11) is 0. The average Bonchev–Trinajstić information content (AvgIpc) is 2.57. The first kappa shape index (κ1) is 13.8. The second-order valence-corrected chi connectivity index (χ2v) is 4.97.